The average molecular weight is 351 g/mol. The van der Waals surface area contributed by atoms with E-state index < -0.39 is 4.92 Å². The Hall–Kier alpha value is -2.15. The molecule has 0 radical (unpaired) electrons. The summed E-state index contributed by atoms with van der Waals surface area (Å²) in [6.07, 6.45) is 0.950. The third-order valence-electron chi connectivity index (χ3n) is 2.75. The summed E-state index contributed by atoms with van der Waals surface area (Å²) < 4.78 is 0.813. The number of nitrogens with zero attached hydrogens (tertiary/aromatic N) is 2. The van der Waals surface area contributed by atoms with Gasteiger partial charge >= 0.3 is 5.69 Å². The summed E-state index contributed by atoms with van der Waals surface area (Å²) in [6.45, 7) is 2.80. The third-order valence-corrected chi connectivity index (χ3v) is 3.45. The van der Waals surface area contributed by atoms with Crippen molar-refractivity contribution in [3.8, 4) is 0 Å². The molecule has 0 atom stereocenters. The molecule has 2 N–H and O–H groups in total. The molecule has 110 valence electrons. The van der Waals surface area contributed by atoms with E-state index in [1.807, 2.05) is 31.2 Å². The van der Waals surface area contributed by atoms with E-state index in [1.165, 1.54) is 6.07 Å². The van der Waals surface area contributed by atoms with Gasteiger partial charge in [0.2, 0.25) is 5.82 Å². The summed E-state index contributed by atoms with van der Waals surface area (Å²) in [6, 6.07) is 10.5. The Balaban J connectivity index is 2.34. The van der Waals surface area contributed by atoms with Gasteiger partial charge in [0, 0.05) is 17.1 Å². The molecule has 0 saturated heterocycles. The van der Waals surface area contributed by atoms with Gasteiger partial charge in [-0.15, -0.1) is 0 Å². The zero-order valence-electron chi connectivity index (χ0n) is 11.5. The van der Waals surface area contributed by atoms with Crippen molar-refractivity contribution >= 4 is 38.9 Å². The van der Waals surface area contributed by atoms with Crippen LogP contribution in [0.1, 0.15) is 13.3 Å². The SMILES string of the molecule is CCCNc1ccc([N+](=O)[O-])c(Nc2ccccc2Br)n1. The highest BCUT2D eigenvalue weighted by molar-refractivity contribution is 9.10. The third kappa shape index (κ3) is 3.91. The molecule has 0 aliphatic carbocycles. The van der Waals surface area contributed by atoms with Crippen LogP contribution in [0.3, 0.4) is 0 Å². The monoisotopic (exact) mass is 350 g/mol. The van der Waals surface area contributed by atoms with Crippen LogP contribution >= 0.6 is 15.9 Å². The molecule has 0 bridgehead atoms. The van der Waals surface area contributed by atoms with Gasteiger partial charge < -0.3 is 10.6 Å². The van der Waals surface area contributed by atoms with E-state index >= 15 is 0 Å². The Morgan fingerprint density at radius 3 is 2.71 bits per heavy atom. The molecule has 0 amide bonds. The molecule has 1 aromatic heterocycles. The van der Waals surface area contributed by atoms with E-state index in [0.717, 1.165) is 23.1 Å². The van der Waals surface area contributed by atoms with Crippen LogP contribution in [0.25, 0.3) is 0 Å². The van der Waals surface area contributed by atoms with Gasteiger partial charge in [0.25, 0.3) is 0 Å². The van der Waals surface area contributed by atoms with Gasteiger partial charge in [-0.05, 0) is 40.5 Å². The van der Waals surface area contributed by atoms with Gasteiger partial charge in [-0.25, -0.2) is 4.98 Å². The van der Waals surface area contributed by atoms with E-state index in [-0.39, 0.29) is 11.5 Å². The Bertz CT molecular complexity index is 649. The largest absolute Gasteiger partial charge is 0.370 e. The van der Waals surface area contributed by atoms with Crippen LogP contribution in [0, 0.1) is 10.1 Å². The summed E-state index contributed by atoms with van der Waals surface area (Å²) in [5.41, 5.74) is 0.661. The fourth-order valence-corrected chi connectivity index (χ4v) is 2.12. The number of benzene rings is 1. The summed E-state index contributed by atoms with van der Waals surface area (Å²) in [4.78, 5) is 15.0. The zero-order chi connectivity index (χ0) is 15.2. The Kier molecular flexibility index (Phi) is 5.10. The van der Waals surface area contributed by atoms with Crippen molar-refractivity contribution in [3.63, 3.8) is 0 Å². The lowest BCUT2D eigenvalue weighted by Crippen LogP contribution is -2.05. The van der Waals surface area contributed by atoms with Crippen LogP contribution < -0.4 is 10.6 Å². The molecule has 6 nitrogen and oxygen atoms in total. The molecule has 0 unspecified atom stereocenters. The lowest BCUT2D eigenvalue weighted by molar-refractivity contribution is -0.384. The Labute approximate surface area is 130 Å². The predicted octanol–water partition coefficient (Wildman–Crippen LogP) is 4.32. The molecule has 0 saturated carbocycles. The fourth-order valence-electron chi connectivity index (χ4n) is 1.73. The highest BCUT2D eigenvalue weighted by Crippen LogP contribution is 2.30. The highest BCUT2D eigenvalue weighted by atomic mass is 79.9. The van der Waals surface area contributed by atoms with E-state index in [1.54, 1.807) is 6.07 Å². The van der Waals surface area contributed by atoms with Gasteiger partial charge in [0.1, 0.15) is 5.82 Å². The average Bonchev–Trinajstić information content (AvgIpc) is 2.47. The summed E-state index contributed by atoms with van der Waals surface area (Å²) in [5.74, 6) is 0.824. The number of hydrogen-bond donors (Lipinski definition) is 2. The van der Waals surface area contributed by atoms with Gasteiger partial charge in [0.15, 0.2) is 0 Å². The second-order valence-electron chi connectivity index (χ2n) is 4.35. The highest BCUT2D eigenvalue weighted by Gasteiger charge is 2.17. The van der Waals surface area contributed by atoms with E-state index in [0.29, 0.717) is 5.82 Å². The van der Waals surface area contributed by atoms with Crippen molar-refractivity contribution < 1.29 is 4.92 Å². The number of nitrogens with one attached hydrogen (secondary N) is 2. The number of nitro groups is 1. The number of hydrogen-bond acceptors (Lipinski definition) is 5. The van der Waals surface area contributed by atoms with Crippen molar-refractivity contribution in [1.29, 1.82) is 0 Å². The minimum absolute atomic E-state index is 0.0622. The minimum atomic E-state index is -0.449. The van der Waals surface area contributed by atoms with Crippen molar-refractivity contribution in [2.24, 2.45) is 0 Å². The molecular formula is C14H15BrN4O2. The molecule has 0 spiro atoms. The number of pyridine rings is 1. The van der Waals surface area contributed by atoms with Crippen molar-refractivity contribution in [2.75, 3.05) is 17.2 Å². The van der Waals surface area contributed by atoms with Crippen LogP contribution in [0.2, 0.25) is 0 Å². The maximum Gasteiger partial charge on any atom is 0.311 e. The van der Waals surface area contributed by atoms with Crippen LogP contribution in [-0.4, -0.2) is 16.5 Å². The summed E-state index contributed by atoms with van der Waals surface area (Å²) in [7, 11) is 0. The second-order valence-corrected chi connectivity index (χ2v) is 5.21. The molecule has 0 fully saturated rings. The second kappa shape index (κ2) is 7.03. The molecule has 1 aromatic carbocycles. The number of aromatic nitrogens is 1. The molecule has 2 aromatic rings. The molecule has 21 heavy (non-hydrogen) atoms. The van der Waals surface area contributed by atoms with Gasteiger partial charge in [-0.2, -0.15) is 0 Å². The molecular weight excluding hydrogens is 336 g/mol. The standard InChI is InChI=1S/C14H15BrN4O2/c1-2-9-16-13-8-7-12(19(20)21)14(18-13)17-11-6-4-3-5-10(11)15/h3-8H,2,9H2,1H3,(H2,16,17,18). The van der Waals surface area contributed by atoms with Crippen LogP contribution in [0.5, 0.6) is 0 Å². The molecule has 1 heterocycles. The van der Waals surface area contributed by atoms with Gasteiger partial charge in [0.05, 0.1) is 10.6 Å². The zero-order valence-corrected chi connectivity index (χ0v) is 13.1. The lowest BCUT2D eigenvalue weighted by atomic mass is 10.3. The van der Waals surface area contributed by atoms with Crippen LogP contribution in [0.4, 0.5) is 23.0 Å². The van der Waals surface area contributed by atoms with Crippen LogP contribution in [0.15, 0.2) is 40.9 Å². The predicted molar refractivity (Wildman–Crippen MR) is 87.1 cm³/mol. The smallest absolute Gasteiger partial charge is 0.311 e. The number of rotatable bonds is 6. The summed E-state index contributed by atoms with van der Waals surface area (Å²) >= 11 is 3.40. The molecule has 0 aliphatic heterocycles. The summed E-state index contributed by atoms with van der Waals surface area (Å²) in [5, 5.41) is 17.2. The Morgan fingerprint density at radius 1 is 1.29 bits per heavy atom. The molecule has 0 aliphatic rings. The lowest BCUT2D eigenvalue weighted by Gasteiger charge is -2.10. The number of halogens is 1. The van der Waals surface area contributed by atoms with Crippen molar-refractivity contribution in [1.82, 2.24) is 4.98 Å². The van der Waals surface area contributed by atoms with Crippen molar-refractivity contribution in [2.45, 2.75) is 13.3 Å². The first kappa shape index (κ1) is 15.2. The molecule has 2 rings (SSSR count). The maximum atomic E-state index is 11.1. The van der Waals surface area contributed by atoms with E-state index in [4.69, 9.17) is 0 Å². The first-order valence-electron chi connectivity index (χ1n) is 6.52. The maximum absolute atomic E-state index is 11.1. The fraction of sp³-hybridized carbons (Fsp3) is 0.214. The number of para-hydroxylation sites is 1. The topological polar surface area (TPSA) is 80.1 Å². The van der Waals surface area contributed by atoms with E-state index in [2.05, 4.69) is 31.5 Å². The first-order chi connectivity index (χ1) is 10.1. The Morgan fingerprint density at radius 2 is 2.05 bits per heavy atom. The quantitative estimate of drug-likeness (QED) is 0.599. The van der Waals surface area contributed by atoms with Gasteiger partial charge in [-0.3, -0.25) is 10.1 Å². The first-order valence-corrected chi connectivity index (χ1v) is 7.32. The van der Waals surface area contributed by atoms with Crippen LogP contribution in [-0.2, 0) is 0 Å². The van der Waals surface area contributed by atoms with Gasteiger partial charge in [-0.1, -0.05) is 19.1 Å². The van der Waals surface area contributed by atoms with E-state index in [9.17, 15) is 10.1 Å². The molecule has 7 heteroatoms. The normalized spacial score (nSPS) is 10.2. The number of anilines is 3. The minimum Gasteiger partial charge on any atom is -0.370 e. The van der Waals surface area contributed by atoms with Crippen molar-refractivity contribution in [3.05, 3.63) is 51.0 Å².